The largest absolute Gasteiger partial charge is 0.463 e. The molecule has 0 fully saturated rings. The van der Waals surface area contributed by atoms with E-state index in [-0.39, 0.29) is 17.7 Å². The van der Waals surface area contributed by atoms with Gasteiger partial charge in [-0.25, -0.2) is 4.79 Å². The van der Waals surface area contributed by atoms with Gasteiger partial charge in [0.25, 0.3) is 0 Å². The molecule has 1 heterocycles. The molecule has 0 bridgehead atoms. The van der Waals surface area contributed by atoms with Crippen LogP contribution in [-0.2, 0) is 15.7 Å². The number of hydrogen-bond donors (Lipinski definition) is 1. The molecule has 1 aromatic carbocycles. The lowest BCUT2D eigenvalue weighted by Gasteiger charge is -2.29. The van der Waals surface area contributed by atoms with Gasteiger partial charge in [-0.2, -0.15) is 18.3 Å². The lowest BCUT2D eigenvalue weighted by atomic mass is 9.81. The second-order valence-electron chi connectivity index (χ2n) is 5.35. The molecular formula is C17H19F3N2O2. The molecule has 0 aliphatic carbocycles. The van der Waals surface area contributed by atoms with Gasteiger partial charge in [0, 0.05) is 5.70 Å². The average molecular weight is 340 g/mol. The molecule has 1 aliphatic rings. The number of nitrogens with zero attached hydrogens (tertiary/aromatic N) is 1. The van der Waals surface area contributed by atoms with Crippen molar-refractivity contribution in [3.8, 4) is 0 Å². The zero-order valence-corrected chi connectivity index (χ0v) is 13.7. The van der Waals surface area contributed by atoms with Crippen molar-refractivity contribution in [3.05, 3.63) is 46.7 Å². The van der Waals surface area contributed by atoms with Crippen LogP contribution in [0.2, 0.25) is 0 Å². The van der Waals surface area contributed by atoms with Gasteiger partial charge >= 0.3 is 12.1 Å². The first-order valence-electron chi connectivity index (χ1n) is 7.67. The van der Waals surface area contributed by atoms with E-state index in [2.05, 4.69) is 10.5 Å². The molecule has 130 valence electrons. The van der Waals surface area contributed by atoms with Crippen LogP contribution in [0.5, 0.6) is 0 Å². The Morgan fingerprint density at radius 1 is 1.29 bits per heavy atom. The van der Waals surface area contributed by atoms with Crippen molar-refractivity contribution in [2.45, 2.75) is 39.3 Å². The van der Waals surface area contributed by atoms with E-state index in [1.165, 1.54) is 18.2 Å². The highest BCUT2D eigenvalue weighted by molar-refractivity contribution is 6.04. The molecule has 4 nitrogen and oxygen atoms in total. The number of ether oxygens (including phenoxy) is 1. The van der Waals surface area contributed by atoms with Gasteiger partial charge < -0.3 is 4.74 Å². The third-order valence-corrected chi connectivity index (χ3v) is 3.83. The van der Waals surface area contributed by atoms with E-state index in [0.29, 0.717) is 17.8 Å². The molecule has 7 heteroatoms. The molecular weight excluding hydrogens is 321 g/mol. The maximum atomic E-state index is 13.4. The molecule has 2 rings (SSSR count). The summed E-state index contributed by atoms with van der Waals surface area (Å²) >= 11 is 0. The van der Waals surface area contributed by atoms with Gasteiger partial charge in [-0.1, -0.05) is 25.1 Å². The molecule has 1 unspecified atom stereocenters. The number of esters is 1. The van der Waals surface area contributed by atoms with Crippen LogP contribution < -0.4 is 5.43 Å². The van der Waals surface area contributed by atoms with Crippen LogP contribution in [0.25, 0.3) is 0 Å². The predicted octanol–water partition coefficient (Wildman–Crippen LogP) is 4.00. The van der Waals surface area contributed by atoms with Crippen molar-refractivity contribution >= 4 is 11.7 Å². The first-order chi connectivity index (χ1) is 11.3. The van der Waals surface area contributed by atoms with Gasteiger partial charge in [-0.3, -0.25) is 5.43 Å². The van der Waals surface area contributed by atoms with E-state index in [9.17, 15) is 18.0 Å². The maximum Gasteiger partial charge on any atom is 0.416 e. The van der Waals surface area contributed by atoms with E-state index < -0.39 is 23.6 Å². The van der Waals surface area contributed by atoms with Gasteiger partial charge in [-0.15, -0.1) is 0 Å². The molecule has 1 aromatic rings. The third kappa shape index (κ3) is 3.44. The molecule has 0 radical (unpaired) electrons. The number of rotatable bonds is 4. The molecule has 1 atom stereocenters. The zero-order valence-electron chi connectivity index (χ0n) is 13.7. The molecule has 1 aliphatic heterocycles. The second-order valence-corrected chi connectivity index (χ2v) is 5.35. The monoisotopic (exact) mass is 340 g/mol. The number of nitrogens with one attached hydrogen (secondary N) is 1. The average Bonchev–Trinajstić information content (AvgIpc) is 2.53. The maximum absolute atomic E-state index is 13.4. The Hall–Kier alpha value is -2.31. The first-order valence-corrected chi connectivity index (χ1v) is 7.67. The molecule has 0 saturated carbocycles. The zero-order chi connectivity index (χ0) is 17.9. The molecule has 24 heavy (non-hydrogen) atoms. The molecule has 1 N–H and O–H groups in total. The van der Waals surface area contributed by atoms with Crippen LogP contribution in [0.4, 0.5) is 13.2 Å². The normalized spacial score (nSPS) is 18.1. The smallest absolute Gasteiger partial charge is 0.416 e. The van der Waals surface area contributed by atoms with Gasteiger partial charge in [0.15, 0.2) is 0 Å². The Bertz CT molecular complexity index is 693. The summed E-state index contributed by atoms with van der Waals surface area (Å²) in [6.07, 6.45) is -4.12. The van der Waals surface area contributed by atoms with E-state index in [4.69, 9.17) is 4.74 Å². The fourth-order valence-electron chi connectivity index (χ4n) is 2.77. The molecule has 0 saturated heterocycles. The second kappa shape index (κ2) is 7.07. The van der Waals surface area contributed by atoms with Gasteiger partial charge in [-0.05, 0) is 31.9 Å². The molecule has 0 amide bonds. The fourth-order valence-corrected chi connectivity index (χ4v) is 2.77. The fraction of sp³-hybridized carbons (Fsp3) is 0.412. The van der Waals surface area contributed by atoms with Crippen molar-refractivity contribution in [3.63, 3.8) is 0 Å². The number of hydrogen-bond acceptors (Lipinski definition) is 4. The number of carbonyl (C=O) groups is 1. The van der Waals surface area contributed by atoms with Crippen LogP contribution >= 0.6 is 0 Å². The van der Waals surface area contributed by atoms with Crippen LogP contribution in [0.15, 0.2) is 40.6 Å². The molecule has 0 spiro atoms. The lowest BCUT2D eigenvalue weighted by molar-refractivity contribution is -0.140. The van der Waals surface area contributed by atoms with Gasteiger partial charge in [0.1, 0.15) is 0 Å². The highest BCUT2D eigenvalue weighted by atomic mass is 19.4. The number of hydrazone groups is 1. The minimum Gasteiger partial charge on any atom is -0.463 e. The summed E-state index contributed by atoms with van der Waals surface area (Å²) in [5.41, 5.74) is 2.98. The number of allylic oxidation sites excluding steroid dienone is 1. The lowest BCUT2D eigenvalue weighted by Crippen LogP contribution is -2.32. The predicted molar refractivity (Wildman–Crippen MR) is 84.4 cm³/mol. The summed E-state index contributed by atoms with van der Waals surface area (Å²) in [6.45, 7) is 5.18. The Morgan fingerprint density at radius 3 is 2.54 bits per heavy atom. The Balaban J connectivity index is 2.65. The number of benzene rings is 1. The van der Waals surface area contributed by atoms with Crippen LogP contribution in [0.3, 0.4) is 0 Å². The third-order valence-electron chi connectivity index (χ3n) is 3.83. The van der Waals surface area contributed by atoms with Crippen molar-refractivity contribution in [2.75, 3.05) is 6.61 Å². The topological polar surface area (TPSA) is 50.7 Å². The van der Waals surface area contributed by atoms with Crippen molar-refractivity contribution in [1.82, 2.24) is 5.43 Å². The quantitative estimate of drug-likeness (QED) is 0.843. The first kappa shape index (κ1) is 18.0. The van der Waals surface area contributed by atoms with Crippen LogP contribution in [0.1, 0.15) is 44.2 Å². The highest BCUT2D eigenvalue weighted by Crippen LogP contribution is 2.40. The standard InChI is InChI=1S/C17H19F3N2O2/c1-4-13-15(11-8-6-7-9-12(11)17(18,19)20)14(10(3)21-22-13)16(23)24-5-2/h6-9,15,21H,4-5H2,1-3H3. The number of alkyl halides is 3. The molecule has 0 aromatic heterocycles. The number of carbonyl (C=O) groups excluding carboxylic acids is 1. The summed E-state index contributed by atoms with van der Waals surface area (Å²) in [6, 6.07) is 5.26. The Labute approximate surface area is 138 Å². The van der Waals surface area contributed by atoms with E-state index in [1.54, 1.807) is 20.8 Å². The summed E-state index contributed by atoms with van der Waals surface area (Å²) in [4.78, 5) is 12.4. The van der Waals surface area contributed by atoms with E-state index in [1.807, 2.05) is 0 Å². The Morgan fingerprint density at radius 2 is 1.96 bits per heavy atom. The van der Waals surface area contributed by atoms with E-state index in [0.717, 1.165) is 6.07 Å². The number of halogens is 3. The van der Waals surface area contributed by atoms with Crippen molar-refractivity contribution in [2.24, 2.45) is 5.10 Å². The summed E-state index contributed by atoms with van der Waals surface area (Å²) < 4.78 is 45.3. The van der Waals surface area contributed by atoms with Crippen molar-refractivity contribution in [1.29, 1.82) is 0 Å². The van der Waals surface area contributed by atoms with Crippen LogP contribution in [-0.4, -0.2) is 18.3 Å². The van der Waals surface area contributed by atoms with Crippen LogP contribution in [0, 0.1) is 0 Å². The minimum absolute atomic E-state index is 0.00880. The van der Waals surface area contributed by atoms with Gasteiger partial charge in [0.05, 0.1) is 29.4 Å². The minimum atomic E-state index is -4.52. The highest BCUT2D eigenvalue weighted by Gasteiger charge is 2.40. The Kier molecular flexibility index (Phi) is 5.31. The summed E-state index contributed by atoms with van der Waals surface area (Å²) in [7, 11) is 0. The van der Waals surface area contributed by atoms with E-state index >= 15 is 0 Å². The summed E-state index contributed by atoms with van der Waals surface area (Å²) in [5.74, 6) is -1.52. The SMILES string of the molecule is CCOC(=O)C1=C(C)NN=C(CC)C1c1ccccc1C(F)(F)F. The summed E-state index contributed by atoms with van der Waals surface area (Å²) in [5, 5.41) is 4.14. The van der Waals surface area contributed by atoms with Crippen molar-refractivity contribution < 1.29 is 22.7 Å². The van der Waals surface area contributed by atoms with Gasteiger partial charge in [0.2, 0.25) is 0 Å².